The zero-order valence-electron chi connectivity index (χ0n) is 9.33. The van der Waals surface area contributed by atoms with Crippen LogP contribution in [0.4, 0.5) is 9.59 Å². The van der Waals surface area contributed by atoms with E-state index < -0.39 is 0 Å². The van der Waals surface area contributed by atoms with E-state index in [0.717, 1.165) is 13.0 Å². The first-order valence-corrected chi connectivity index (χ1v) is 4.91. The molecule has 14 heavy (non-hydrogen) atoms. The summed E-state index contributed by atoms with van der Waals surface area (Å²) in [5, 5.41) is 2.43. The standard InChI is InChI=1S/C7H13N3O2.C2H6/c1-8-6(11)10-5-3-4-9(2)7(10)12;1-2/h3-5H2,1-2H3,(H,8,11);1-2H3. The number of hydrogen-bond acceptors (Lipinski definition) is 2. The van der Waals surface area contributed by atoms with E-state index in [4.69, 9.17) is 0 Å². The third-order valence-electron chi connectivity index (χ3n) is 1.89. The van der Waals surface area contributed by atoms with Crippen LogP contribution in [0.5, 0.6) is 0 Å². The largest absolute Gasteiger partial charge is 0.341 e. The molecule has 1 saturated heterocycles. The van der Waals surface area contributed by atoms with E-state index in [9.17, 15) is 9.59 Å². The van der Waals surface area contributed by atoms with Crippen LogP contribution in [-0.4, -0.2) is 49.0 Å². The maximum atomic E-state index is 11.3. The SMILES string of the molecule is CC.CNC(=O)N1CCCN(C)C1=O. The fourth-order valence-corrected chi connectivity index (χ4v) is 1.19. The van der Waals surface area contributed by atoms with Crippen molar-refractivity contribution >= 4 is 12.1 Å². The molecular weight excluding hydrogens is 182 g/mol. The lowest BCUT2D eigenvalue weighted by atomic mass is 10.3. The number of imide groups is 1. The number of nitrogens with one attached hydrogen (secondary N) is 1. The number of nitrogens with zero attached hydrogens (tertiary/aromatic N) is 2. The number of urea groups is 2. The molecule has 0 aromatic heterocycles. The highest BCUT2D eigenvalue weighted by atomic mass is 16.2. The highest BCUT2D eigenvalue weighted by Crippen LogP contribution is 2.06. The second kappa shape index (κ2) is 6.23. The topological polar surface area (TPSA) is 52.7 Å². The number of amides is 4. The molecule has 5 heteroatoms. The Balaban J connectivity index is 0.000000791. The van der Waals surface area contributed by atoms with Crippen LogP contribution in [0.15, 0.2) is 0 Å². The summed E-state index contributed by atoms with van der Waals surface area (Å²) in [6.45, 7) is 5.25. The van der Waals surface area contributed by atoms with E-state index >= 15 is 0 Å². The summed E-state index contributed by atoms with van der Waals surface area (Å²) in [5.74, 6) is 0. The summed E-state index contributed by atoms with van der Waals surface area (Å²) in [7, 11) is 3.21. The molecule has 4 amide bonds. The Hall–Kier alpha value is -1.26. The van der Waals surface area contributed by atoms with E-state index in [-0.39, 0.29) is 12.1 Å². The molecule has 0 spiro atoms. The Morgan fingerprint density at radius 2 is 1.93 bits per heavy atom. The molecular formula is C9H19N3O2. The molecule has 5 nitrogen and oxygen atoms in total. The van der Waals surface area contributed by atoms with Gasteiger partial charge in [-0.3, -0.25) is 0 Å². The molecule has 0 aromatic rings. The lowest BCUT2D eigenvalue weighted by Crippen LogP contribution is -2.52. The van der Waals surface area contributed by atoms with Crippen molar-refractivity contribution < 1.29 is 9.59 Å². The average Bonchev–Trinajstić information content (AvgIpc) is 2.24. The van der Waals surface area contributed by atoms with Crippen molar-refractivity contribution in [1.29, 1.82) is 0 Å². The highest BCUT2D eigenvalue weighted by Gasteiger charge is 2.26. The zero-order valence-corrected chi connectivity index (χ0v) is 9.33. The third-order valence-corrected chi connectivity index (χ3v) is 1.89. The van der Waals surface area contributed by atoms with Crippen LogP contribution >= 0.6 is 0 Å². The summed E-state index contributed by atoms with van der Waals surface area (Å²) in [4.78, 5) is 25.2. The van der Waals surface area contributed by atoms with Gasteiger partial charge >= 0.3 is 12.1 Å². The molecule has 1 heterocycles. The van der Waals surface area contributed by atoms with E-state index in [0.29, 0.717) is 6.54 Å². The maximum Gasteiger partial charge on any atom is 0.327 e. The molecule has 0 aromatic carbocycles. The van der Waals surface area contributed by atoms with Crippen molar-refractivity contribution in [2.45, 2.75) is 20.3 Å². The molecule has 1 N–H and O–H groups in total. The summed E-state index contributed by atoms with van der Waals surface area (Å²) in [6.07, 6.45) is 0.843. The van der Waals surface area contributed by atoms with Gasteiger partial charge in [-0.1, -0.05) is 13.8 Å². The maximum absolute atomic E-state index is 11.3. The van der Waals surface area contributed by atoms with Gasteiger partial charge in [0.05, 0.1) is 0 Å². The van der Waals surface area contributed by atoms with Gasteiger partial charge < -0.3 is 10.2 Å². The van der Waals surface area contributed by atoms with Crippen molar-refractivity contribution in [3.8, 4) is 0 Å². The minimum absolute atomic E-state index is 0.222. The molecule has 0 aliphatic carbocycles. The van der Waals surface area contributed by atoms with Gasteiger partial charge in [0.25, 0.3) is 0 Å². The first kappa shape index (κ1) is 12.7. The van der Waals surface area contributed by atoms with E-state index in [2.05, 4.69) is 5.32 Å². The first-order chi connectivity index (χ1) is 6.66. The second-order valence-corrected chi connectivity index (χ2v) is 2.76. The van der Waals surface area contributed by atoms with Crippen molar-refractivity contribution in [2.24, 2.45) is 0 Å². The van der Waals surface area contributed by atoms with Gasteiger partial charge in [-0.2, -0.15) is 0 Å². The van der Waals surface area contributed by atoms with E-state index in [1.54, 1.807) is 11.9 Å². The van der Waals surface area contributed by atoms with Crippen LogP contribution in [0, 0.1) is 0 Å². The Bertz CT molecular complexity index is 206. The van der Waals surface area contributed by atoms with Gasteiger partial charge in [0, 0.05) is 27.2 Å². The molecule has 1 aliphatic heterocycles. The zero-order chi connectivity index (χ0) is 11.1. The van der Waals surface area contributed by atoms with Gasteiger partial charge in [0.1, 0.15) is 0 Å². The summed E-state index contributed by atoms with van der Waals surface area (Å²) >= 11 is 0. The fourth-order valence-electron chi connectivity index (χ4n) is 1.19. The lowest BCUT2D eigenvalue weighted by Gasteiger charge is -2.31. The molecule has 0 bridgehead atoms. The van der Waals surface area contributed by atoms with Crippen LogP contribution in [0.3, 0.4) is 0 Å². The van der Waals surface area contributed by atoms with Crippen molar-refractivity contribution in [3.05, 3.63) is 0 Å². The molecule has 0 radical (unpaired) electrons. The normalized spacial score (nSPS) is 15.9. The number of rotatable bonds is 0. The van der Waals surface area contributed by atoms with Crippen LogP contribution in [0.25, 0.3) is 0 Å². The molecule has 0 saturated carbocycles. The average molecular weight is 201 g/mol. The molecule has 82 valence electrons. The minimum Gasteiger partial charge on any atom is -0.341 e. The van der Waals surface area contributed by atoms with Crippen molar-refractivity contribution in [2.75, 3.05) is 27.2 Å². The lowest BCUT2D eigenvalue weighted by molar-refractivity contribution is 0.145. The predicted molar refractivity (Wildman–Crippen MR) is 55.2 cm³/mol. The van der Waals surface area contributed by atoms with Gasteiger partial charge in [-0.25, -0.2) is 14.5 Å². The summed E-state index contributed by atoms with van der Waals surface area (Å²) in [6, 6.07) is -0.549. The second-order valence-electron chi connectivity index (χ2n) is 2.76. The van der Waals surface area contributed by atoms with E-state index in [1.165, 1.54) is 11.9 Å². The predicted octanol–water partition coefficient (Wildman–Crippen LogP) is 1.11. The van der Waals surface area contributed by atoms with Gasteiger partial charge in [0.2, 0.25) is 0 Å². The van der Waals surface area contributed by atoms with Gasteiger partial charge in [-0.05, 0) is 6.42 Å². The first-order valence-electron chi connectivity index (χ1n) is 4.91. The minimum atomic E-state index is -0.327. The monoisotopic (exact) mass is 201 g/mol. The van der Waals surface area contributed by atoms with Gasteiger partial charge in [-0.15, -0.1) is 0 Å². The van der Waals surface area contributed by atoms with Crippen LogP contribution in [0.1, 0.15) is 20.3 Å². The number of hydrogen-bond donors (Lipinski definition) is 1. The third kappa shape index (κ3) is 2.90. The molecule has 0 unspecified atom stereocenters. The van der Waals surface area contributed by atoms with Crippen LogP contribution in [-0.2, 0) is 0 Å². The molecule has 1 fully saturated rings. The van der Waals surface area contributed by atoms with Gasteiger partial charge in [0.15, 0.2) is 0 Å². The van der Waals surface area contributed by atoms with Crippen molar-refractivity contribution in [3.63, 3.8) is 0 Å². The Morgan fingerprint density at radius 3 is 2.43 bits per heavy atom. The summed E-state index contributed by atoms with van der Waals surface area (Å²) in [5.41, 5.74) is 0. The molecule has 0 atom stereocenters. The number of carbonyl (C=O) groups is 2. The van der Waals surface area contributed by atoms with Crippen LogP contribution < -0.4 is 5.32 Å². The fraction of sp³-hybridized carbons (Fsp3) is 0.778. The molecule has 1 rings (SSSR count). The summed E-state index contributed by atoms with van der Waals surface area (Å²) < 4.78 is 0. The van der Waals surface area contributed by atoms with Crippen LogP contribution in [0.2, 0.25) is 0 Å². The Kier molecular flexibility index (Phi) is 5.67. The smallest absolute Gasteiger partial charge is 0.327 e. The Morgan fingerprint density at radius 1 is 1.36 bits per heavy atom. The van der Waals surface area contributed by atoms with Crippen molar-refractivity contribution in [1.82, 2.24) is 15.1 Å². The highest BCUT2D eigenvalue weighted by molar-refractivity contribution is 5.93. The molecule has 1 aliphatic rings. The quantitative estimate of drug-likeness (QED) is 0.638. The Labute approximate surface area is 85.1 Å². The number of carbonyl (C=O) groups excluding carboxylic acids is 2. The van der Waals surface area contributed by atoms with E-state index in [1.807, 2.05) is 13.8 Å².